The molecule has 1 N–H and O–H groups in total. The van der Waals surface area contributed by atoms with Crippen molar-refractivity contribution in [3.8, 4) is 11.4 Å². The molecule has 1 aliphatic rings. The number of methoxy groups -OCH3 is 1. The molecular formula is C25H22ClN3O5. The van der Waals surface area contributed by atoms with Crippen molar-refractivity contribution in [1.29, 1.82) is 0 Å². The number of fused-ring (bicyclic) bond motifs is 3. The number of ether oxygens (including phenoxy) is 1. The second-order valence-electron chi connectivity index (χ2n) is 8.49. The third-order valence-electron chi connectivity index (χ3n) is 6.60. The normalized spacial score (nSPS) is 18.3. The van der Waals surface area contributed by atoms with E-state index in [-0.39, 0.29) is 6.04 Å². The van der Waals surface area contributed by atoms with Crippen molar-refractivity contribution < 1.29 is 14.6 Å². The zero-order chi connectivity index (χ0) is 24.0. The average Bonchev–Trinajstić information content (AvgIpc) is 2.84. The number of halogens is 1. The number of carboxylic acid groups (broad SMARTS) is 1. The number of para-hydroxylation sites is 1. The molecule has 2 aromatic carbocycles. The van der Waals surface area contributed by atoms with E-state index in [1.165, 1.54) is 13.3 Å². The van der Waals surface area contributed by atoms with Gasteiger partial charge in [-0.2, -0.15) is 0 Å². The molecule has 34 heavy (non-hydrogen) atoms. The summed E-state index contributed by atoms with van der Waals surface area (Å²) in [6, 6.07) is 11.7. The summed E-state index contributed by atoms with van der Waals surface area (Å²) in [4.78, 5) is 43.5. The van der Waals surface area contributed by atoms with Gasteiger partial charge in [0, 0.05) is 22.6 Å². The number of hydrogen-bond donors (Lipinski definition) is 1. The van der Waals surface area contributed by atoms with Crippen LogP contribution in [0.15, 0.2) is 58.3 Å². The van der Waals surface area contributed by atoms with Crippen molar-refractivity contribution in [1.82, 2.24) is 14.1 Å². The summed E-state index contributed by atoms with van der Waals surface area (Å²) in [6.07, 6.45) is 3.40. The largest absolute Gasteiger partial charge is 0.494 e. The van der Waals surface area contributed by atoms with Gasteiger partial charge in [0.05, 0.1) is 29.6 Å². The predicted octanol–water partition coefficient (Wildman–Crippen LogP) is 4.18. The predicted molar refractivity (Wildman–Crippen MR) is 129 cm³/mol. The van der Waals surface area contributed by atoms with Crippen molar-refractivity contribution in [2.75, 3.05) is 7.11 Å². The monoisotopic (exact) mass is 479 g/mol. The van der Waals surface area contributed by atoms with E-state index in [9.17, 15) is 19.5 Å². The molecule has 0 radical (unpaired) electrons. The van der Waals surface area contributed by atoms with E-state index in [2.05, 4.69) is 4.98 Å². The highest BCUT2D eigenvalue weighted by Crippen LogP contribution is 2.35. The highest BCUT2D eigenvalue weighted by molar-refractivity contribution is 6.30. The Morgan fingerprint density at radius 3 is 2.50 bits per heavy atom. The Bertz CT molecular complexity index is 1550. The van der Waals surface area contributed by atoms with Crippen LogP contribution in [0.1, 0.15) is 31.7 Å². The number of aliphatic carboxylic acids is 1. The zero-order valence-electron chi connectivity index (χ0n) is 18.4. The topological polar surface area (TPSA) is 103 Å². The summed E-state index contributed by atoms with van der Waals surface area (Å²) in [6.45, 7) is 0. The number of aromatic nitrogens is 3. The minimum absolute atomic E-state index is 0.270. The van der Waals surface area contributed by atoms with Crippen molar-refractivity contribution >= 4 is 39.4 Å². The van der Waals surface area contributed by atoms with Crippen molar-refractivity contribution in [2.45, 2.75) is 31.7 Å². The Labute approximate surface area is 199 Å². The first-order chi connectivity index (χ1) is 16.4. The maximum Gasteiger partial charge on any atom is 0.336 e. The van der Waals surface area contributed by atoms with E-state index >= 15 is 0 Å². The number of hydrogen-bond acceptors (Lipinski definition) is 5. The Morgan fingerprint density at radius 1 is 1.09 bits per heavy atom. The molecule has 0 spiro atoms. The van der Waals surface area contributed by atoms with Crippen LogP contribution in [0.3, 0.4) is 0 Å². The number of rotatable bonds is 4. The molecular weight excluding hydrogens is 458 g/mol. The number of pyridine rings is 1. The molecule has 0 aliphatic heterocycles. The van der Waals surface area contributed by atoms with E-state index in [4.69, 9.17) is 16.3 Å². The van der Waals surface area contributed by atoms with E-state index in [1.807, 2.05) is 6.07 Å². The Balaban J connectivity index is 1.86. The molecule has 8 nitrogen and oxygen atoms in total. The average molecular weight is 480 g/mol. The summed E-state index contributed by atoms with van der Waals surface area (Å²) >= 11 is 6.16. The van der Waals surface area contributed by atoms with Gasteiger partial charge in [-0.05, 0) is 49.9 Å². The number of nitrogens with zero attached hydrogens (tertiary/aromatic N) is 3. The summed E-state index contributed by atoms with van der Waals surface area (Å²) in [7, 11) is 1.54. The molecule has 0 unspecified atom stereocenters. The molecule has 2 heterocycles. The molecule has 1 saturated carbocycles. The quantitative estimate of drug-likeness (QED) is 0.440. The fourth-order valence-corrected chi connectivity index (χ4v) is 5.12. The van der Waals surface area contributed by atoms with Gasteiger partial charge in [-0.15, -0.1) is 0 Å². The van der Waals surface area contributed by atoms with Crippen LogP contribution in [0.2, 0.25) is 5.02 Å². The molecule has 174 valence electrons. The fourth-order valence-electron chi connectivity index (χ4n) is 4.94. The minimum Gasteiger partial charge on any atom is -0.494 e. The third kappa shape index (κ3) is 3.54. The van der Waals surface area contributed by atoms with Crippen LogP contribution in [0.25, 0.3) is 27.5 Å². The molecule has 5 rings (SSSR count). The lowest BCUT2D eigenvalue weighted by molar-refractivity contribution is -0.143. The van der Waals surface area contributed by atoms with Crippen molar-refractivity contribution in [2.24, 2.45) is 5.92 Å². The molecule has 1 aliphatic carbocycles. The Hall–Kier alpha value is -3.65. The van der Waals surface area contributed by atoms with Crippen LogP contribution < -0.4 is 16.0 Å². The van der Waals surface area contributed by atoms with Crippen LogP contribution in [0.4, 0.5) is 0 Å². The van der Waals surface area contributed by atoms with Gasteiger partial charge in [0.2, 0.25) is 0 Å². The molecule has 2 aromatic heterocycles. The molecule has 9 heteroatoms. The second kappa shape index (κ2) is 8.61. The SMILES string of the molecule is COc1cccc2c1ncc1c(=O)n(-c3cccc(Cl)c3)c(=O)n([C@H]3CC[C@@H](C(=O)O)CC3)c12. The molecule has 1 fully saturated rings. The standard InChI is InChI=1S/C25H22ClN3O5/c1-34-20-7-3-6-18-21(20)27-13-19-22(18)28(16-10-8-14(9-11-16)24(31)32)25(33)29(23(19)30)17-5-2-4-15(26)12-17/h2-7,12-14,16H,8-11H2,1H3,(H,31,32)/t14-,16+. The summed E-state index contributed by atoms with van der Waals surface area (Å²) in [5.74, 6) is -0.721. The van der Waals surface area contributed by atoms with Gasteiger partial charge in [0.15, 0.2) is 0 Å². The van der Waals surface area contributed by atoms with Gasteiger partial charge in [-0.1, -0.05) is 29.8 Å². The summed E-state index contributed by atoms with van der Waals surface area (Å²) < 4.78 is 8.21. The minimum atomic E-state index is -0.820. The Kier molecular flexibility index (Phi) is 5.61. The summed E-state index contributed by atoms with van der Waals surface area (Å²) in [5, 5.41) is 10.8. The van der Waals surface area contributed by atoms with Crippen LogP contribution in [-0.2, 0) is 4.79 Å². The molecule has 0 atom stereocenters. The fraction of sp³-hybridized carbons (Fsp3) is 0.280. The lowest BCUT2D eigenvalue weighted by Gasteiger charge is -2.29. The van der Waals surface area contributed by atoms with Gasteiger partial charge >= 0.3 is 11.7 Å². The van der Waals surface area contributed by atoms with Gasteiger partial charge < -0.3 is 9.84 Å². The van der Waals surface area contributed by atoms with Crippen LogP contribution in [-0.4, -0.2) is 32.3 Å². The first-order valence-corrected chi connectivity index (χ1v) is 11.4. The maximum absolute atomic E-state index is 13.9. The van der Waals surface area contributed by atoms with E-state index in [0.29, 0.717) is 63.9 Å². The van der Waals surface area contributed by atoms with E-state index < -0.39 is 23.1 Å². The number of benzene rings is 2. The molecule has 4 aromatic rings. The second-order valence-corrected chi connectivity index (χ2v) is 8.93. The van der Waals surface area contributed by atoms with E-state index in [1.54, 1.807) is 41.0 Å². The van der Waals surface area contributed by atoms with Crippen LogP contribution in [0.5, 0.6) is 5.75 Å². The number of carboxylic acids is 1. The van der Waals surface area contributed by atoms with Gasteiger partial charge in [-0.3, -0.25) is 19.1 Å². The maximum atomic E-state index is 13.9. The number of carbonyl (C=O) groups is 1. The highest BCUT2D eigenvalue weighted by atomic mass is 35.5. The first kappa shape index (κ1) is 22.2. The van der Waals surface area contributed by atoms with Crippen LogP contribution >= 0.6 is 11.6 Å². The van der Waals surface area contributed by atoms with Crippen molar-refractivity contribution in [3.63, 3.8) is 0 Å². The third-order valence-corrected chi connectivity index (χ3v) is 6.84. The van der Waals surface area contributed by atoms with Gasteiger partial charge in [0.1, 0.15) is 11.3 Å². The Morgan fingerprint density at radius 2 is 1.82 bits per heavy atom. The molecule has 0 saturated heterocycles. The summed E-state index contributed by atoms with van der Waals surface area (Å²) in [5.41, 5.74) is 0.410. The first-order valence-electron chi connectivity index (χ1n) is 11.0. The zero-order valence-corrected chi connectivity index (χ0v) is 19.2. The van der Waals surface area contributed by atoms with Crippen molar-refractivity contribution in [3.05, 3.63) is 74.5 Å². The molecule has 0 bridgehead atoms. The van der Waals surface area contributed by atoms with Crippen LogP contribution in [0, 0.1) is 5.92 Å². The van der Waals surface area contributed by atoms with Gasteiger partial charge in [0.25, 0.3) is 5.56 Å². The lowest BCUT2D eigenvalue weighted by Crippen LogP contribution is -2.41. The lowest BCUT2D eigenvalue weighted by atomic mass is 9.86. The van der Waals surface area contributed by atoms with Gasteiger partial charge in [-0.25, -0.2) is 9.36 Å². The highest BCUT2D eigenvalue weighted by Gasteiger charge is 2.30. The molecule has 0 amide bonds. The van der Waals surface area contributed by atoms with E-state index in [0.717, 1.165) is 4.57 Å². The smallest absolute Gasteiger partial charge is 0.336 e.